The average molecular weight is 292 g/mol. The zero-order valence-electron chi connectivity index (χ0n) is 13.5. The fourth-order valence-electron chi connectivity index (χ4n) is 1.55. The molecule has 3 atom stereocenters. The summed E-state index contributed by atoms with van der Waals surface area (Å²) in [7, 11) is -1.97. The van der Waals surface area contributed by atoms with E-state index in [1.807, 2.05) is 41.5 Å². The molecule has 0 saturated carbocycles. The van der Waals surface area contributed by atoms with Crippen LogP contribution < -0.4 is 0 Å². The van der Waals surface area contributed by atoms with Gasteiger partial charge < -0.3 is 14.0 Å². The fourth-order valence-corrected chi connectivity index (χ4v) is 3.14. The number of hydrogen-bond acceptors (Lipinski definition) is 4. The third-order valence-corrected chi connectivity index (χ3v) is 4.34. The summed E-state index contributed by atoms with van der Waals surface area (Å²) >= 11 is 0. The van der Waals surface area contributed by atoms with Gasteiger partial charge in [0.25, 0.3) is 0 Å². The van der Waals surface area contributed by atoms with Crippen LogP contribution in [0.25, 0.3) is 0 Å². The van der Waals surface area contributed by atoms with Crippen LogP contribution in [0.4, 0.5) is 0 Å². The van der Waals surface area contributed by atoms with E-state index in [0.29, 0.717) is 6.16 Å². The Kier molecular flexibility index (Phi) is 6.77. The molecule has 0 aromatic heterocycles. The molecule has 0 amide bonds. The number of rotatable bonds is 5. The van der Waals surface area contributed by atoms with E-state index in [-0.39, 0.29) is 23.3 Å². The molecule has 19 heavy (non-hydrogen) atoms. The summed E-state index contributed by atoms with van der Waals surface area (Å²) in [5, 5.41) is 0. The monoisotopic (exact) mass is 292 g/mol. The lowest BCUT2D eigenvalue weighted by Crippen LogP contribution is -2.29. The van der Waals surface area contributed by atoms with Crippen LogP contribution in [-0.4, -0.2) is 29.2 Å². The lowest BCUT2D eigenvalue weighted by atomic mass is 10.1. The van der Waals surface area contributed by atoms with E-state index < -0.39 is 13.4 Å². The number of hydrogen-bond donors (Lipinski definition) is 0. The smallest absolute Gasteiger partial charge is 0.309 e. The third-order valence-electron chi connectivity index (χ3n) is 2.30. The Hall–Kier alpha value is -0.340. The first-order valence-electron chi connectivity index (χ1n) is 6.75. The topological polar surface area (TPSA) is 52.6 Å². The molecule has 0 aliphatic rings. The first-order chi connectivity index (χ1) is 8.32. The lowest BCUT2D eigenvalue weighted by Gasteiger charge is -2.26. The molecule has 0 bridgehead atoms. The normalized spacial score (nSPS) is 17.7. The van der Waals surface area contributed by atoms with Gasteiger partial charge in [-0.3, -0.25) is 4.79 Å². The Balaban J connectivity index is 4.37. The van der Waals surface area contributed by atoms with Gasteiger partial charge in [-0.2, -0.15) is 0 Å². The van der Waals surface area contributed by atoms with Crippen molar-refractivity contribution in [3.63, 3.8) is 0 Å². The van der Waals surface area contributed by atoms with E-state index in [0.717, 1.165) is 0 Å². The maximum atomic E-state index is 12.2. The van der Waals surface area contributed by atoms with Gasteiger partial charge in [-0.1, -0.05) is 6.92 Å². The summed E-state index contributed by atoms with van der Waals surface area (Å²) < 4.78 is 23.1. The number of carbonyl (C=O) groups is 1. The van der Waals surface area contributed by atoms with Crippen molar-refractivity contribution in [3.8, 4) is 0 Å². The molecule has 3 unspecified atom stereocenters. The maximum absolute atomic E-state index is 12.2. The van der Waals surface area contributed by atoms with Gasteiger partial charge in [0.05, 0.1) is 11.5 Å². The average Bonchev–Trinajstić information content (AvgIpc) is 2.11. The van der Waals surface area contributed by atoms with E-state index in [1.54, 1.807) is 13.8 Å². The van der Waals surface area contributed by atoms with Crippen LogP contribution in [0.1, 0.15) is 55.4 Å². The second-order valence-electron chi connectivity index (χ2n) is 6.98. The van der Waals surface area contributed by atoms with E-state index in [4.69, 9.17) is 9.47 Å². The van der Waals surface area contributed by atoms with Gasteiger partial charge in [-0.15, -0.1) is 0 Å². The van der Waals surface area contributed by atoms with Gasteiger partial charge in [0.1, 0.15) is 19.2 Å². The summed E-state index contributed by atoms with van der Waals surface area (Å²) in [6.07, 6.45) is 0.330. The Bertz CT molecular complexity index is 325. The van der Waals surface area contributed by atoms with Crippen LogP contribution in [0.15, 0.2) is 0 Å². The summed E-state index contributed by atoms with van der Waals surface area (Å²) in [5.41, 5.74) is -0.830. The van der Waals surface area contributed by atoms with Crippen LogP contribution in [0, 0.1) is 5.92 Å². The second-order valence-corrected chi connectivity index (χ2v) is 9.13. The molecule has 114 valence electrons. The van der Waals surface area contributed by atoms with Crippen LogP contribution in [0.2, 0.25) is 0 Å². The standard InChI is InChI=1S/C14H29O4P/c1-10(12(15)18-14(6,7)8)9-19(16)11(2)17-13(3,4)5/h10-11,19H,9H2,1-8H3. The van der Waals surface area contributed by atoms with E-state index in [9.17, 15) is 9.36 Å². The van der Waals surface area contributed by atoms with E-state index >= 15 is 0 Å². The highest BCUT2D eigenvalue weighted by Crippen LogP contribution is 2.34. The van der Waals surface area contributed by atoms with Crippen molar-refractivity contribution < 1.29 is 18.8 Å². The summed E-state index contributed by atoms with van der Waals surface area (Å²) in [6, 6.07) is 0. The Morgan fingerprint density at radius 2 is 1.53 bits per heavy atom. The van der Waals surface area contributed by atoms with Crippen LogP contribution >= 0.6 is 7.80 Å². The Morgan fingerprint density at radius 1 is 1.05 bits per heavy atom. The van der Waals surface area contributed by atoms with Crippen LogP contribution in [-0.2, 0) is 18.8 Å². The third kappa shape index (κ3) is 9.23. The minimum Gasteiger partial charge on any atom is -0.460 e. The van der Waals surface area contributed by atoms with Crippen molar-refractivity contribution in [2.24, 2.45) is 5.92 Å². The SMILES string of the molecule is CC(C[PH](=O)C(C)OC(C)(C)C)C(=O)OC(C)(C)C. The predicted octanol–water partition coefficient (Wildman–Crippen LogP) is 3.69. The fraction of sp³-hybridized carbons (Fsp3) is 0.929. The van der Waals surface area contributed by atoms with Crippen molar-refractivity contribution in [3.05, 3.63) is 0 Å². The quantitative estimate of drug-likeness (QED) is 0.573. The predicted molar refractivity (Wildman–Crippen MR) is 79.2 cm³/mol. The van der Waals surface area contributed by atoms with Gasteiger partial charge in [-0.05, 0) is 48.5 Å². The van der Waals surface area contributed by atoms with Crippen molar-refractivity contribution in [1.82, 2.24) is 0 Å². The van der Waals surface area contributed by atoms with Crippen LogP contribution in [0.3, 0.4) is 0 Å². The first kappa shape index (κ1) is 18.7. The molecule has 0 rings (SSSR count). The van der Waals surface area contributed by atoms with Crippen molar-refractivity contribution in [2.45, 2.75) is 72.4 Å². The zero-order valence-corrected chi connectivity index (χ0v) is 14.5. The molecular weight excluding hydrogens is 263 g/mol. The zero-order chi connectivity index (χ0) is 15.4. The van der Waals surface area contributed by atoms with Gasteiger partial charge in [0.15, 0.2) is 0 Å². The molecule has 0 radical (unpaired) electrons. The van der Waals surface area contributed by atoms with Crippen molar-refractivity contribution in [2.75, 3.05) is 6.16 Å². The molecule has 0 aliphatic heterocycles. The second kappa shape index (κ2) is 6.90. The van der Waals surface area contributed by atoms with Gasteiger partial charge in [-0.25, -0.2) is 0 Å². The van der Waals surface area contributed by atoms with E-state index in [2.05, 4.69) is 0 Å². The molecule has 0 heterocycles. The molecule has 0 spiro atoms. The van der Waals surface area contributed by atoms with Gasteiger partial charge in [0, 0.05) is 6.16 Å². The molecule has 0 aromatic rings. The first-order valence-corrected chi connectivity index (χ1v) is 8.44. The molecule has 0 fully saturated rings. The number of esters is 1. The Morgan fingerprint density at radius 3 is 1.89 bits per heavy atom. The van der Waals surface area contributed by atoms with Crippen LogP contribution in [0.5, 0.6) is 0 Å². The Labute approximate surface area is 118 Å². The summed E-state index contributed by atoms with van der Waals surface area (Å²) in [4.78, 5) is 11.8. The molecule has 0 saturated heterocycles. The highest BCUT2D eigenvalue weighted by molar-refractivity contribution is 7.45. The largest absolute Gasteiger partial charge is 0.460 e. The molecule has 0 aromatic carbocycles. The van der Waals surface area contributed by atoms with Crippen molar-refractivity contribution in [1.29, 1.82) is 0 Å². The highest BCUT2D eigenvalue weighted by atomic mass is 31.1. The molecule has 4 nitrogen and oxygen atoms in total. The lowest BCUT2D eigenvalue weighted by molar-refractivity contribution is -0.158. The molecular formula is C14H29O4P. The summed E-state index contributed by atoms with van der Waals surface area (Å²) in [5.74, 6) is -0.986. The minimum atomic E-state index is -1.97. The van der Waals surface area contributed by atoms with Crippen molar-refractivity contribution >= 4 is 13.8 Å². The minimum absolute atomic E-state index is 0.297. The summed E-state index contributed by atoms with van der Waals surface area (Å²) in [6.45, 7) is 14.8. The maximum Gasteiger partial charge on any atom is 0.309 e. The molecule has 0 N–H and O–H groups in total. The molecule has 0 aliphatic carbocycles. The number of ether oxygens (including phenoxy) is 2. The van der Waals surface area contributed by atoms with E-state index in [1.165, 1.54) is 0 Å². The van der Waals surface area contributed by atoms with Gasteiger partial charge >= 0.3 is 5.97 Å². The number of carbonyl (C=O) groups excluding carboxylic acids is 1. The highest BCUT2D eigenvalue weighted by Gasteiger charge is 2.26. The van der Waals surface area contributed by atoms with Gasteiger partial charge in [0.2, 0.25) is 0 Å². The molecule has 5 heteroatoms.